The van der Waals surface area contributed by atoms with Crippen molar-refractivity contribution in [1.82, 2.24) is 5.43 Å². The molecule has 0 saturated carbocycles. The summed E-state index contributed by atoms with van der Waals surface area (Å²) in [6.07, 6.45) is 1.43. The Labute approximate surface area is 138 Å². The average Bonchev–Trinajstić information content (AvgIpc) is 2.56. The van der Waals surface area contributed by atoms with E-state index < -0.39 is 0 Å². The van der Waals surface area contributed by atoms with Crippen LogP contribution in [0, 0.1) is 0 Å². The van der Waals surface area contributed by atoms with Gasteiger partial charge in [0.25, 0.3) is 5.91 Å². The lowest BCUT2D eigenvalue weighted by Gasteiger charge is -2.05. The Morgan fingerprint density at radius 1 is 1.09 bits per heavy atom. The molecule has 0 spiro atoms. The summed E-state index contributed by atoms with van der Waals surface area (Å²) in [7, 11) is 0. The second kappa shape index (κ2) is 6.50. The first-order chi connectivity index (χ1) is 11.1. The van der Waals surface area contributed by atoms with Crippen molar-refractivity contribution in [2.75, 3.05) is 0 Å². The molecule has 5 heteroatoms. The van der Waals surface area contributed by atoms with Crippen molar-refractivity contribution in [1.29, 1.82) is 0 Å². The molecule has 0 saturated heterocycles. The van der Waals surface area contributed by atoms with Gasteiger partial charge in [-0.05, 0) is 35.0 Å². The zero-order chi connectivity index (χ0) is 16.2. The van der Waals surface area contributed by atoms with E-state index in [-0.39, 0.29) is 11.7 Å². The van der Waals surface area contributed by atoms with Gasteiger partial charge in [0.05, 0.1) is 6.21 Å². The molecular weight excluding hydrogens is 312 g/mol. The maximum absolute atomic E-state index is 12.0. The fraction of sp³-hybridized carbons (Fsp3) is 0. The van der Waals surface area contributed by atoms with Gasteiger partial charge >= 0.3 is 0 Å². The van der Waals surface area contributed by atoms with Gasteiger partial charge in [0.2, 0.25) is 0 Å². The van der Waals surface area contributed by atoms with Crippen LogP contribution in [0.5, 0.6) is 5.75 Å². The minimum absolute atomic E-state index is 0.101. The fourth-order valence-electron chi connectivity index (χ4n) is 2.27. The number of fused-ring (bicyclic) bond motifs is 1. The third-order valence-electron chi connectivity index (χ3n) is 3.39. The minimum atomic E-state index is -0.372. The maximum Gasteiger partial charge on any atom is 0.271 e. The van der Waals surface area contributed by atoms with Gasteiger partial charge < -0.3 is 5.11 Å². The van der Waals surface area contributed by atoms with E-state index in [1.807, 2.05) is 30.3 Å². The van der Waals surface area contributed by atoms with Gasteiger partial charge in [0, 0.05) is 16.1 Å². The lowest BCUT2D eigenvalue weighted by atomic mass is 10.0. The van der Waals surface area contributed by atoms with Crippen LogP contribution in [0.15, 0.2) is 65.8 Å². The Hall–Kier alpha value is -2.85. The van der Waals surface area contributed by atoms with Crippen LogP contribution in [0.1, 0.15) is 15.9 Å². The molecule has 23 heavy (non-hydrogen) atoms. The molecular formula is C18H13ClN2O2. The molecule has 1 amide bonds. The molecule has 0 heterocycles. The predicted molar refractivity (Wildman–Crippen MR) is 92.1 cm³/mol. The predicted octanol–water partition coefficient (Wildman–Crippen LogP) is 3.96. The highest BCUT2D eigenvalue weighted by molar-refractivity contribution is 6.30. The molecule has 0 radical (unpaired) electrons. The third kappa shape index (κ3) is 3.33. The number of carbonyl (C=O) groups is 1. The second-order valence-corrected chi connectivity index (χ2v) is 5.37. The van der Waals surface area contributed by atoms with Crippen molar-refractivity contribution < 1.29 is 9.90 Å². The molecule has 3 aromatic rings. The van der Waals surface area contributed by atoms with Crippen LogP contribution < -0.4 is 5.43 Å². The van der Waals surface area contributed by atoms with Gasteiger partial charge in [-0.1, -0.05) is 48.0 Å². The molecule has 4 nitrogen and oxygen atoms in total. The number of nitrogens with zero attached hydrogens (tertiary/aromatic N) is 1. The summed E-state index contributed by atoms with van der Waals surface area (Å²) < 4.78 is 0. The molecule has 0 aliphatic rings. The minimum Gasteiger partial charge on any atom is -0.507 e. The smallest absolute Gasteiger partial charge is 0.271 e. The summed E-state index contributed by atoms with van der Waals surface area (Å²) >= 11 is 5.85. The number of hydrogen-bond acceptors (Lipinski definition) is 3. The third-order valence-corrected chi connectivity index (χ3v) is 3.63. The van der Waals surface area contributed by atoms with E-state index in [4.69, 9.17) is 11.6 Å². The number of aromatic hydroxyl groups is 1. The lowest BCUT2D eigenvalue weighted by Crippen LogP contribution is -2.17. The molecule has 0 aromatic heterocycles. The van der Waals surface area contributed by atoms with Gasteiger partial charge in [0.15, 0.2) is 0 Å². The van der Waals surface area contributed by atoms with Crippen molar-refractivity contribution in [2.24, 2.45) is 5.10 Å². The number of hydrazone groups is 1. The van der Waals surface area contributed by atoms with Gasteiger partial charge in [-0.3, -0.25) is 4.79 Å². The number of halogens is 1. The topological polar surface area (TPSA) is 61.7 Å². The Morgan fingerprint density at radius 3 is 2.74 bits per heavy atom. The summed E-state index contributed by atoms with van der Waals surface area (Å²) in [6, 6.07) is 17.6. The zero-order valence-corrected chi connectivity index (χ0v) is 12.8. The summed E-state index contributed by atoms with van der Waals surface area (Å²) in [5, 5.41) is 16.3. The Bertz CT molecular complexity index is 906. The summed E-state index contributed by atoms with van der Waals surface area (Å²) in [5.74, 6) is -0.270. The van der Waals surface area contributed by atoms with Crippen LogP contribution in [0.3, 0.4) is 0 Å². The summed E-state index contributed by atoms with van der Waals surface area (Å²) in [5.41, 5.74) is 3.39. The molecule has 0 aliphatic carbocycles. The Morgan fingerprint density at radius 2 is 1.91 bits per heavy atom. The first-order valence-electron chi connectivity index (χ1n) is 6.95. The van der Waals surface area contributed by atoms with Crippen LogP contribution in [-0.4, -0.2) is 17.2 Å². The monoisotopic (exact) mass is 324 g/mol. The van der Waals surface area contributed by atoms with Crippen molar-refractivity contribution in [3.8, 4) is 5.75 Å². The standard InChI is InChI=1S/C18H13ClN2O2/c19-14-6-3-5-13(10-14)18(23)21-20-11-16-15-7-2-1-4-12(15)8-9-17(16)22/h1-11,22H,(H,21,23)/b20-11-. The first-order valence-corrected chi connectivity index (χ1v) is 7.32. The van der Waals surface area contributed by atoms with Crippen LogP contribution >= 0.6 is 11.6 Å². The molecule has 114 valence electrons. The largest absolute Gasteiger partial charge is 0.507 e. The SMILES string of the molecule is O=C(N/N=C\c1c(O)ccc2ccccc12)c1cccc(Cl)c1. The van der Waals surface area contributed by atoms with Gasteiger partial charge in [-0.25, -0.2) is 5.43 Å². The molecule has 2 N–H and O–H groups in total. The second-order valence-electron chi connectivity index (χ2n) is 4.93. The van der Waals surface area contributed by atoms with E-state index in [2.05, 4.69) is 10.5 Å². The van der Waals surface area contributed by atoms with Gasteiger partial charge in [-0.2, -0.15) is 5.10 Å². The highest BCUT2D eigenvalue weighted by Gasteiger charge is 2.06. The number of phenolic OH excluding ortho intramolecular Hbond substituents is 1. The Balaban J connectivity index is 1.84. The molecule has 0 unspecified atom stereocenters. The van der Waals surface area contributed by atoms with Crippen LogP contribution in [0.25, 0.3) is 10.8 Å². The number of phenols is 1. The van der Waals surface area contributed by atoms with E-state index in [1.54, 1.807) is 30.3 Å². The van der Waals surface area contributed by atoms with Gasteiger partial charge in [-0.15, -0.1) is 0 Å². The number of rotatable bonds is 3. The number of hydrogen-bond donors (Lipinski definition) is 2. The van der Waals surface area contributed by atoms with Crippen molar-refractivity contribution >= 4 is 34.5 Å². The highest BCUT2D eigenvalue weighted by Crippen LogP contribution is 2.25. The van der Waals surface area contributed by atoms with E-state index in [0.29, 0.717) is 16.1 Å². The molecule has 0 aliphatic heterocycles. The van der Waals surface area contributed by atoms with Crippen molar-refractivity contribution in [2.45, 2.75) is 0 Å². The number of benzene rings is 3. The summed E-state index contributed by atoms with van der Waals surface area (Å²) in [4.78, 5) is 12.0. The van der Waals surface area contributed by atoms with Crippen LogP contribution in [0.4, 0.5) is 0 Å². The maximum atomic E-state index is 12.0. The van der Waals surface area contributed by atoms with E-state index in [0.717, 1.165) is 10.8 Å². The lowest BCUT2D eigenvalue weighted by molar-refractivity contribution is 0.0955. The zero-order valence-electron chi connectivity index (χ0n) is 12.0. The van der Waals surface area contributed by atoms with E-state index in [1.165, 1.54) is 6.21 Å². The fourth-order valence-corrected chi connectivity index (χ4v) is 2.46. The molecule has 3 aromatic carbocycles. The average molecular weight is 325 g/mol. The van der Waals surface area contributed by atoms with Crippen molar-refractivity contribution in [3.63, 3.8) is 0 Å². The number of nitrogens with one attached hydrogen (secondary N) is 1. The van der Waals surface area contributed by atoms with E-state index >= 15 is 0 Å². The number of carbonyl (C=O) groups excluding carboxylic acids is 1. The van der Waals surface area contributed by atoms with E-state index in [9.17, 15) is 9.90 Å². The first kappa shape index (κ1) is 15.1. The molecule has 3 rings (SSSR count). The highest BCUT2D eigenvalue weighted by atomic mass is 35.5. The van der Waals surface area contributed by atoms with Crippen LogP contribution in [0.2, 0.25) is 5.02 Å². The van der Waals surface area contributed by atoms with Crippen molar-refractivity contribution in [3.05, 3.63) is 76.8 Å². The quantitative estimate of drug-likeness (QED) is 0.566. The normalized spacial score (nSPS) is 11.0. The molecule has 0 bridgehead atoms. The van der Waals surface area contributed by atoms with Crippen LogP contribution in [-0.2, 0) is 0 Å². The molecule has 0 fully saturated rings. The van der Waals surface area contributed by atoms with Gasteiger partial charge in [0.1, 0.15) is 5.75 Å². The summed E-state index contributed by atoms with van der Waals surface area (Å²) in [6.45, 7) is 0. The molecule has 0 atom stereocenters. The Kier molecular flexibility index (Phi) is 4.26. The number of amides is 1.